The number of hydrogen-bond acceptors (Lipinski definition) is 3. The number of halogens is 3. The van der Waals surface area contributed by atoms with Gasteiger partial charge in [-0.3, -0.25) is 4.98 Å². The summed E-state index contributed by atoms with van der Waals surface area (Å²) in [7, 11) is 0. The Morgan fingerprint density at radius 2 is 2.00 bits per heavy atom. The predicted molar refractivity (Wildman–Crippen MR) is 59.2 cm³/mol. The summed E-state index contributed by atoms with van der Waals surface area (Å²) in [4.78, 5) is 3.88. The van der Waals surface area contributed by atoms with E-state index in [4.69, 9.17) is 0 Å². The van der Waals surface area contributed by atoms with Crippen molar-refractivity contribution in [3.8, 4) is 0 Å². The summed E-state index contributed by atoms with van der Waals surface area (Å²) in [6, 6.07) is 3.72. The largest absolute Gasteiger partial charge is 0.441 e. The monoisotopic (exact) mass is 250 g/mol. The molecule has 0 bridgehead atoms. The van der Waals surface area contributed by atoms with Crippen LogP contribution in [0.4, 0.5) is 13.2 Å². The van der Waals surface area contributed by atoms with E-state index >= 15 is 0 Å². The molecule has 2 nitrogen and oxygen atoms in total. The summed E-state index contributed by atoms with van der Waals surface area (Å²) in [6.45, 7) is 2.24. The summed E-state index contributed by atoms with van der Waals surface area (Å²) in [5.41, 5.74) is -3.12. The van der Waals surface area contributed by atoms with Crippen LogP contribution in [0.5, 0.6) is 0 Å². The number of hydrogen-bond donors (Lipinski definition) is 1. The van der Waals surface area contributed by atoms with Gasteiger partial charge in [-0.2, -0.15) is 13.2 Å². The van der Waals surface area contributed by atoms with Gasteiger partial charge in [-0.25, -0.2) is 0 Å². The number of nitrogens with one attached hydrogen (secondary N) is 1. The highest BCUT2D eigenvalue weighted by atomic mass is 32.2. The van der Waals surface area contributed by atoms with Gasteiger partial charge in [0.25, 0.3) is 0 Å². The Morgan fingerprint density at radius 1 is 1.38 bits per heavy atom. The van der Waals surface area contributed by atoms with Crippen LogP contribution >= 0.6 is 11.8 Å². The van der Waals surface area contributed by atoms with Crippen molar-refractivity contribution < 1.29 is 13.2 Å². The molecule has 1 heterocycles. The maximum Gasteiger partial charge on any atom is 0.441 e. The molecule has 1 aromatic rings. The van der Waals surface area contributed by atoms with E-state index in [0.29, 0.717) is 6.54 Å². The molecule has 1 rings (SSSR count). The molecule has 6 heteroatoms. The Labute approximate surface area is 96.6 Å². The van der Waals surface area contributed by atoms with Crippen LogP contribution in [0.3, 0.4) is 0 Å². The fourth-order valence-electron chi connectivity index (χ4n) is 1.21. The smallest absolute Gasteiger partial charge is 0.309 e. The van der Waals surface area contributed by atoms with Gasteiger partial charge in [0.2, 0.25) is 0 Å². The van der Waals surface area contributed by atoms with Gasteiger partial charge in [0.05, 0.1) is 0 Å². The van der Waals surface area contributed by atoms with Crippen molar-refractivity contribution >= 4 is 11.8 Å². The molecule has 0 aliphatic rings. The second kappa shape index (κ2) is 6.10. The Morgan fingerprint density at radius 3 is 2.56 bits per heavy atom. The maximum absolute atomic E-state index is 11.8. The number of rotatable bonds is 5. The third-order valence-corrected chi connectivity index (χ3v) is 2.76. The average Bonchev–Trinajstić information content (AvgIpc) is 2.24. The Kier molecular flexibility index (Phi) is 5.08. The zero-order chi connectivity index (χ0) is 12.0. The van der Waals surface area contributed by atoms with Crippen LogP contribution in [0, 0.1) is 0 Å². The molecule has 1 aromatic heterocycles. The molecule has 90 valence electrons. The topological polar surface area (TPSA) is 24.9 Å². The number of pyridine rings is 1. The number of alkyl halides is 3. The second-order valence-corrected chi connectivity index (χ2v) is 4.41. The zero-order valence-electron chi connectivity index (χ0n) is 8.79. The van der Waals surface area contributed by atoms with E-state index < -0.39 is 5.51 Å². The quantitative estimate of drug-likeness (QED) is 0.813. The molecule has 0 aromatic carbocycles. The molecule has 0 aliphatic heterocycles. The van der Waals surface area contributed by atoms with Crippen molar-refractivity contribution in [1.29, 1.82) is 0 Å². The van der Waals surface area contributed by atoms with Gasteiger partial charge < -0.3 is 5.32 Å². The molecular formula is C10H13F3N2S. The summed E-state index contributed by atoms with van der Waals surface area (Å²) in [5, 5.41) is 3.02. The molecule has 1 N–H and O–H groups in total. The van der Waals surface area contributed by atoms with Crippen molar-refractivity contribution in [3.63, 3.8) is 0 Å². The summed E-state index contributed by atoms with van der Waals surface area (Å²) in [6.07, 6.45) is 3.33. The molecule has 1 atom stereocenters. The Bertz CT molecular complexity index is 303. The average molecular weight is 250 g/mol. The van der Waals surface area contributed by atoms with Gasteiger partial charge in [0.15, 0.2) is 0 Å². The van der Waals surface area contributed by atoms with Gasteiger partial charge in [-0.15, -0.1) is 0 Å². The van der Waals surface area contributed by atoms with Gasteiger partial charge in [0, 0.05) is 30.7 Å². The molecule has 0 aliphatic carbocycles. The molecule has 0 amide bonds. The number of nitrogens with zero attached hydrogens (tertiary/aromatic N) is 1. The SMILES string of the molecule is CC(NCCSC(F)(F)F)c1ccncc1. The van der Waals surface area contributed by atoms with Crippen molar-refractivity contribution in [1.82, 2.24) is 10.3 Å². The third kappa shape index (κ3) is 5.37. The first-order valence-corrected chi connectivity index (χ1v) is 5.81. The van der Waals surface area contributed by atoms with E-state index in [1.807, 2.05) is 19.1 Å². The first kappa shape index (κ1) is 13.3. The summed E-state index contributed by atoms with van der Waals surface area (Å²) < 4.78 is 35.5. The van der Waals surface area contributed by atoms with E-state index in [1.165, 1.54) is 0 Å². The van der Waals surface area contributed by atoms with Gasteiger partial charge in [-0.1, -0.05) is 0 Å². The fraction of sp³-hybridized carbons (Fsp3) is 0.500. The lowest BCUT2D eigenvalue weighted by Crippen LogP contribution is -2.22. The molecular weight excluding hydrogens is 237 g/mol. The van der Waals surface area contributed by atoms with Crippen LogP contribution in [0.2, 0.25) is 0 Å². The van der Waals surface area contributed by atoms with Crippen molar-refractivity contribution in [2.24, 2.45) is 0 Å². The predicted octanol–water partition coefficient (Wildman–Crippen LogP) is 2.99. The number of thioether (sulfide) groups is 1. The zero-order valence-corrected chi connectivity index (χ0v) is 9.61. The summed E-state index contributed by atoms with van der Waals surface area (Å²) in [5.74, 6) is 0.0267. The van der Waals surface area contributed by atoms with Crippen LogP contribution < -0.4 is 5.32 Å². The van der Waals surface area contributed by atoms with E-state index in [1.54, 1.807) is 12.4 Å². The first-order chi connectivity index (χ1) is 7.49. The van der Waals surface area contributed by atoms with Gasteiger partial charge in [-0.05, 0) is 36.4 Å². The van der Waals surface area contributed by atoms with Crippen molar-refractivity contribution in [3.05, 3.63) is 30.1 Å². The van der Waals surface area contributed by atoms with Crippen LogP contribution in [-0.4, -0.2) is 22.8 Å². The lowest BCUT2D eigenvalue weighted by atomic mass is 10.1. The molecule has 16 heavy (non-hydrogen) atoms. The Hall–Kier alpha value is -0.750. The van der Waals surface area contributed by atoms with Crippen LogP contribution in [0.15, 0.2) is 24.5 Å². The van der Waals surface area contributed by atoms with Gasteiger partial charge in [0.1, 0.15) is 0 Å². The highest BCUT2D eigenvalue weighted by Gasteiger charge is 2.27. The van der Waals surface area contributed by atoms with Crippen LogP contribution in [0.25, 0.3) is 0 Å². The Balaban J connectivity index is 2.24. The molecule has 0 fully saturated rings. The normalized spacial score (nSPS) is 13.8. The molecule has 0 spiro atoms. The molecule has 0 saturated carbocycles. The van der Waals surface area contributed by atoms with E-state index in [-0.39, 0.29) is 23.6 Å². The van der Waals surface area contributed by atoms with Gasteiger partial charge >= 0.3 is 5.51 Å². The molecule has 0 radical (unpaired) electrons. The third-order valence-electron chi connectivity index (χ3n) is 2.02. The second-order valence-electron chi connectivity index (χ2n) is 3.25. The molecule has 0 saturated heterocycles. The maximum atomic E-state index is 11.8. The fourth-order valence-corrected chi connectivity index (χ4v) is 1.66. The van der Waals surface area contributed by atoms with Crippen LogP contribution in [0.1, 0.15) is 18.5 Å². The summed E-state index contributed by atoms with van der Waals surface area (Å²) >= 11 is -0.00410. The highest BCUT2D eigenvalue weighted by Crippen LogP contribution is 2.29. The van der Waals surface area contributed by atoms with Crippen molar-refractivity contribution in [2.75, 3.05) is 12.3 Å². The van der Waals surface area contributed by atoms with E-state index in [2.05, 4.69) is 10.3 Å². The van der Waals surface area contributed by atoms with Crippen LogP contribution in [-0.2, 0) is 0 Å². The standard InChI is InChI=1S/C10H13F3N2S/c1-8(9-2-4-14-5-3-9)15-6-7-16-10(11,12)13/h2-5,8,15H,6-7H2,1H3. The van der Waals surface area contributed by atoms with Crippen molar-refractivity contribution in [2.45, 2.75) is 18.5 Å². The highest BCUT2D eigenvalue weighted by molar-refractivity contribution is 8.00. The van der Waals surface area contributed by atoms with E-state index in [0.717, 1.165) is 5.56 Å². The minimum Gasteiger partial charge on any atom is -0.309 e. The minimum absolute atomic E-state index is 0.00410. The minimum atomic E-state index is -4.14. The first-order valence-electron chi connectivity index (χ1n) is 4.83. The lowest BCUT2D eigenvalue weighted by molar-refractivity contribution is -0.0327. The lowest BCUT2D eigenvalue weighted by Gasteiger charge is -2.14. The number of aromatic nitrogens is 1. The van der Waals surface area contributed by atoms with E-state index in [9.17, 15) is 13.2 Å². The molecule has 1 unspecified atom stereocenters.